The maximum atomic E-state index is 5.31. The van der Waals surface area contributed by atoms with E-state index in [0.29, 0.717) is 6.04 Å². The highest BCUT2D eigenvalue weighted by atomic mass is 16.5. The molecule has 108 valence electrons. The van der Waals surface area contributed by atoms with Crippen molar-refractivity contribution in [2.24, 2.45) is 0 Å². The number of ether oxygens (including phenoxy) is 2. The first-order valence-corrected chi connectivity index (χ1v) is 7.19. The molecular weight excluding hydrogens is 238 g/mol. The van der Waals surface area contributed by atoms with Crippen molar-refractivity contribution < 1.29 is 9.47 Å². The van der Waals surface area contributed by atoms with Crippen LogP contribution in [-0.4, -0.2) is 20.3 Å². The zero-order valence-electron chi connectivity index (χ0n) is 12.7. The second kappa shape index (κ2) is 8.68. The van der Waals surface area contributed by atoms with Crippen LogP contribution in [0, 0.1) is 0 Å². The van der Waals surface area contributed by atoms with Crippen LogP contribution in [0.5, 0.6) is 11.5 Å². The zero-order chi connectivity index (χ0) is 14.1. The summed E-state index contributed by atoms with van der Waals surface area (Å²) < 4.78 is 10.5. The van der Waals surface area contributed by atoms with Crippen LogP contribution in [0.15, 0.2) is 18.2 Å². The van der Waals surface area contributed by atoms with Gasteiger partial charge < -0.3 is 14.8 Å². The number of benzene rings is 1. The zero-order valence-corrected chi connectivity index (χ0v) is 12.7. The normalized spacial score (nSPS) is 12.0. The van der Waals surface area contributed by atoms with Gasteiger partial charge in [-0.25, -0.2) is 0 Å². The van der Waals surface area contributed by atoms with Gasteiger partial charge in [0.2, 0.25) is 0 Å². The van der Waals surface area contributed by atoms with Crippen LogP contribution in [0.4, 0.5) is 5.69 Å². The number of hydrogen-bond donors (Lipinski definition) is 1. The molecule has 0 fully saturated rings. The number of anilines is 1. The average molecular weight is 265 g/mol. The van der Waals surface area contributed by atoms with Crippen LogP contribution in [0.2, 0.25) is 0 Å². The fourth-order valence-electron chi connectivity index (χ4n) is 2.16. The molecule has 1 rings (SSSR count). The van der Waals surface area contributed by atoms with Crippen molar-refractivity contribution in [1.29, 1.82) is 0 Å². The number of nitrogens with one attached hydrogen (secondary N) is 1. The quantitative estimate of drug-likeness (QED) is 0.668. The molecule has 0 saturated heterocycles. The summed E-state index contributed by atoms with van der Waals surface area (Å²) in [6.45, 7) is 4.47. The number of unbranched alkanes of at least 4 members (excludes halogenated alkanes) is 3. The molecule has 0 aliphatic heterocycles. The monoisotopic (exact) mass is 265 g/mol. The van der Waals surface area contributed by atoms with Gasteiger partial charge in [0.05, 0.1) is 14.2 Å². The molecule has 1 N–H and O–H groups in total. The molecule has 1 atom stereocenters. The summed E-state index contributed by atoms with van der Waals surface area (Å²) >= 11 is 0. The molecule has 0 heterocycles. The molecule has 3 heteroatoms. The average Bonchev–Trinajstić information content (AvgIpc) is 2.43. The molecule has 0 saturated carbocycles. The van der Waals surface area contributed by atoms with E-state index in [0.717, 1.165) is 17.2 Å². The first kappa shape index (κ1) is 15.7. The Morgan fingerprint density at radius 2 is 1.79 bits per heavy atom. The third-order valence-corrected chi connectivity index (χ3v) is 3.29. The molecule has 0 bridgehead atoms. The van der Waals surface area contributed by atoms with E-state index in [9.17, 15) is 0 Å². The van der Waals surface area contributed by atoms with E-state index in [1.807, 2.05) is 18.2 Å². The molecule has 3 nitrogen and oxygen atoms in total. The summed E-state index contributed by atoms with van der Waals surface area (Å²) in [6.07, 6.45) is 6.44. The first-order valence-electron chi connectivity index (χ1n) is 7.19. The van der Waals surface area contributed by atoms with E-state index in [1.54, 1.807) is 14.2 Å². The fraction of sp³-hybridized carbons (Fsp3) is 0.625. The lowest BCUT2D eigenvalue weighted by atomic mass is 10.1. The van der Waals surface area contributed by atoms with Gasteiger partial charge in [-0.05, 0) is 25.5 Å². The van der Waals surface area contributed by atoms with Gasteiger partial charge in [-0.3, -0.25) is 0 Å². The van der Waals surface area contributed by atoms with Crippen LogP contribution >= 0.6 is 0 Å². The third kappa shape index (κ3) is 5.41. The second-order valence-electron chi connectivity index (χ2n) is 4.96. The van der Waals surface area contributed by atoms with E-state index in [1.165, 1.54) is 32.1 Å². The van der Waals surface area contributed by atoms with Crippen LogP contribution < -0.4 is 14.8 Å². The molecule has 19 heavy (non-hydrogen) atoms. The molecule has 0 aliphatic carbocycles. The van der Waals surface area contributed by atoms with E-state index < -0.39 is 0 Å². The topological polar surface area (TPSA) is 30.5 Å². The van der Waals surface area contributed by atoms with Gasteiger partial charge in [0.15, 0.2) is 11.5 Å². The van der Waals surface area contributed by atoms with Crippen molar-refractivity contribution in [1.82, 2.24) is 0 Å². The van der Waals surface area contributed by atoms with E-state index in [2.05, 4.69) is 19.2 Å². The van der Waals surface area contributed by atoms with Crippen molar-refractivity contribution in [3.63, 3.8) is 0 Å². The van der Waals surface area contributed by atoms with Crippen LogP contribution in [-0.2, 0) is 0 Å². The lowest BCUT2D eigenvalue weighted by Crippen LogP contribution is -2.14. The maximum absolute atomic E-state index is 5.31. The highest BCUT2D eigenvalue weighted by Crippen LogP contribution is 2.30. The number of hydrogen-bond acceptors (Lipinski definition) is 3. The molecule has 1 unspecified atom stereocenters. The maximum Gasteiger partial charge on any atom is 0.162 e. The Balaban J connectivity index is 2.47. The standard InChI is InChI=1S/C16H27NO2/c1-5-6-7-8-9-13(2)17-14-10-11-15(18-3)16(12-14)19-4/h10-13,17H,5-9H2,1-4H3. The Bertz CT molecular complexity index is 366. The SMILES string of the molecule is CCCCCCC(C)Nc1ccc(OC)c(OC)c1. The molecule has 0 spiro atoms. The van der Waals surface area contributed by atoms with E-state index in [-0.39, 0.29) is 0 Å². The van der Waals surface area contributed by atoms with Crippen molar-refractivity contribution in [3.8, 4) is 11.5 Å². The van der Waals surface area contributed by atoms with Crippen molar-refractivity contribution >= 4 is 5.69 Å². The van der Waals surface area contributed by atoms with Gasteiger partial charge in [0, 0.05) is 17.8 Å². The Hall–Kier alpha value is -1.38. The van der Waals surface area contributed by atoms with Gasteiger partial charge in [0.1, 0.15) is 0 Å². The van der Waals surface area contributed by atoms with Gasteiger partial charge >= 0.3 is 0 Å². The third-order valence-electron chi connectivity index (χ3n) is 3.29. The molecule has 0 amide bonds. The van der Waals surface area contributed by atoms with Crippen LogP contribution in [0.3, 0.4) is 0 Å². The Labute approximate surface area is 117 Å². The first-order chi connectivity index (χ1) is 9.21. The van der Waals surface area contributed by atoms with Crippen LogP contribution in [0.25, 0.3) is 0 Å². The lowest BCUT2D eigenvalue weighted by Gasteiger charge is -2.16. The lowest BCUT2D eigenvalue weighted by molar-refractivity contribution is 0.355. The Morgan fingerprint density at radius 3 is 2.42 bits per heavy atom. The minimum atomic E-state index is 0.481. The summed E-state index contributed by atoms with van der Waals surface area (Å²) in [5.74, 6) is 1.54. The summed E-state index contributed by atoms with van der Waals surface area (Å²) in [6, 6.07) is 6.44. The summed E-state index contributed by atoms with van der Waals surface area (Å²) in [7, 11) is 3.32. The van der Waals surface area contributed by atoms with E-state index >= 15 is 0 Å². The number of methoxy groups -OCH3 is 2. The molecule has 1 aromatic rings. The summed E-state index contributed by atoms with van der Waals surface area (Å²) in [5, 5.41) is 3.51. The second-order valence-corrected chi connectivity index (χ2v) is 4.96. The highest BCUT2D eigenvalue weighted by molar-refractivity contribution is 5.55. The van der Waals surface area contributed by atoms with Gasteiger partial charge in [-0.1, -0.05) is 32.6 Å². The Morgan fingerprint density at radius 1 is 1.05 bits per heavy atom. The Kier molecular flexibility index (Phi) is 7.16. The number of rotatable bonds is 9. The molecule has 0 radical (unpaired) electrons. The smallest absolute Gasteiger partial charge is 0.162 e. The molecular formula is C16H27NO2. The highest BCUT2D eigenvalue weighted by Gasteiger charge is 2.06. The van der Waals surface area contributed by atoms with Gasteiger partial charge in [0.25, 0.3) is 0 Å². The summed E-state index contributed by atoms with van der Waals surface area (Å²) in [4.78, 5) is 0. The van der Waals surface area contributed by atoms with Gasteiger partial charge in [-0.2, -0.15) is 0 Å². The molecule has 0 aliphatic rings. The van der Waals surface area contributed by atoms with Crippen molar-refractivity contribution in [2.45, 2.75) is 52.0 Å². The summed E-state index contributed by atoms with van der Waals surface area (Å²) in [5.41, 5.74) is 1.08. The van der Waals surface area contributed by atoms with Crippen molar-refractivity contribution in [3.05, 3.63) is 18.2 Å². The van der Waals surface area contributed by atoms with E-state index in [4.69, 9.17) is 9.47 Å². The minimum absolute atomic E-state index is 0.481. The van der Waals surface area contributed by atoms with Gasteiger partial charge in [-0.15, -0.1) is 0 Å². The molecule has 1 aromatic carbocycles. The fourth-order valence-corrected chi connectivity index (χ4v) is 2.16. The predicted molar refractivity (Wildman–Crippen MR) is 81.4 cm³/mol. The van der Waals surface area contributed by atoms with Crippen molar-refractivity contribution in [2.75, 3.05) is 19.5 Å². The minimum Gasteiger partial charge on any atom is -0.493 e. The van der Waals surface area contributed by atoms with Crippen LogP contribution in [0.1, 0.15) is 46.0 Å². The molecule has 0 aromatic heterocycles. The largest absolute Gasteiger partial charge is 0.493 e. The predicted octanol–water partition coefficient (Wildman–Crippen LogP) is 4.47.